The monoisotopic (exact) mass is 431 g/mol. The van der Waals surface area contributed by atoms with Gasteiger partial charge in [0.1, 0.15) is 0 Å². The topological polar surface area (TPSA) is 55.4 Å². The average molecular weight is 432 g/mol. The van der Waals surface area contributed by atoms with E-state index in [0.29, 0.717) is 11.5 Å². The number of carbonyl (C=O) groups is 2. The summed E-state index contributed by atoms with van der Waals surface area (Å²) in [5, 5.41) is 3.71. The number of ether oxygens (including phenoxy) is 1. The van der Waals surface area contributed by atoms with Gasteiger partial charge in [-0.15, -0.1) is 11.8 Å². The Morgan fingerprint density at radius 2 is 1.76 bits per heavy atom. The van der Waals surface area contributed by atoms with Crippen LogP contribution in [0.15, 0.2) is 53.4 Å². The Bertz CT molecular complexity index is 823. The van der Waals surface area contributed by atoms with Crippen LogP contribution >= 0.6 is 23.4 Å². The number of carbonyl (C=O) groups excluding carboxylic acids is 2. The van der Waals surface area contributed by atoms with Crippen LogP contribution in [0.1, 0.15) is 48.5 Å². The Kier molecular flexibility index (Phi) is 8.01. The second-order valence-corrected chi connectivity index (χ2v) is 8.94. The summed E-state index contributed by atoms with van der Waals surface area (Å²) in [5.74, 6) is 0.558. The van der Waals surface area contributed by atoms with Gasteiger partial charge < -0.3 is 10.1 Å². The third-order valence-electron chi connectivity index (χ3n) is 5.20. The van der Waals surface area contributed by atoms with Crippen LogP contribution in [0.2, 0.25) is 5.02 Å². The minimum absolute atomic E-state index is 0.187. The van der Waals surface area contributed by atoms with Crippen molar-refractivity contribution in [1.29, 1.82) is 0 Å². The minimum Gasteiger partial charge on any atom is -0.452 e. The van der Waals surface area contributed by atoms with E-state index in [1.54, 1.807) is 23.9 Å². The normalized spacial score (nSPS) is 18.8. The van der Waals surface area contributed by atoms with Crippen molar-refractivity contribution < 1.29 is 14.3 Å². The number of halogens is 1. The van der Waals surface area contributed by atoms with E-state index >= 15 is 0 Å². The molecule has 1 fully saturated rings. The molecule has 0 heterocycles. The SMILES string of the molecule is C[C@@H]1CCCC[C@@H]1NC(=O)COC(=O)c1ccc(CSc2ccc(Cl)cc2)cc1. The maximum absolute atomic E-state index is 12.2. The molecule has 0 unspecified atom stereocenters. The molecule has 2 atom stereocenters. The van der Waals surface area contributed by atoms with Crippen LogP contribution in [0, 0.1) is 5.92 Å². The second-order valence-electron chi connectivity index (χ2n) is 7.45. The van der Waals surface area contributed by atoms with Crippen LogP contribution in [0.4, 0.5) is 0 Å². The fraction of sp³-hybridized carbons (Fsp3) is 0.391. The molecule has 0 spiro atoms. The van der Waals surface area contributed by atoms with Crippen LogP contribution < -0.4 is 5.32 Å². The van der Waals surface area contributed by atoms with Crippen LogP contribution in [0.25, 0.3) is 0 Å². The third kappa shape index (κ3) is 6.79. The fourth-order valence-corrected chi connectivity index (χ4v) is 4.41. The molecule has 0 radical (unpaired) electrons. The standard InChI is InChI=1S/C23H26ClNO3S/c1-16-4-2-3-5-21(16)25-22(26)14-28-23(27)18-8-6-17(7-9-18)15-29-20-12-10-19(24)11-13-20/h6-13,16,21H,2-5,14-15H2,1H3,(H,25,26)/t16-,21+/m1/s1. The van der Waals surface area contributed by atoms with E-state index in [1.165, 1.54) is 6.42 Å². The predicted octanol–water partition coefficient (Wildman–Crippen LogP) is 5.48. The molecule has 2 aromatic carbocycles. The number of hydrogen-bond donors (Lipinski definition) is 1. The van der Waals surface area contributed by atoms with Gasteiger partial charge >= 0.3 is 5.97 Å². The predicted molar refractivity (Wildman–Crippen MR) is 117 cm³/mol. The maximum Gasteiger partial charge on any atom is 0.338 e. The van der Waals surface area contributed by atoms with Crippen molar-refractivity contribution in [1.82, 2.24) is 5.32 Å². The van der Waals surface area contributed by atoms with Gasteiger partial charge in [0, 0.05) is 21.7 Å². The Morgan fingerprint density at radius 1 is 1.07 bits per heavy atom. The van der Waals surface area contributed by atoms with Crippen LogP contribution in [0.5, 0.6) is 0 Å². The van der Waals surface area contributed by atoms with Gasteiger partial charge in [-0.25, -0.2) is 4.79 Å². The molecule has 0 bridgehead atoms. The van der Waals surface area contributed by atoms with Crippen molar-refractivity contribution in [3.05, 3.63) is 64.7 Å². The van der Waals surface area contributed by atoms with E-state index in [4.69, 9.17) is 16.3 Å². The summed E-state index contributed by atoms with van der Waals surface area (Å²) in [6.45, 7) is 1.92. The summed E-state index contributed by atoms with van der Waals surface area (Å²) in [7, 11) is 0. The van der Waals surface area contributed by atoms with E-state index in [-0.39, 0.29) is 18.6 Å². The molecule has 3 rings (SSSR count). The molecule has 1 aliphatic carbocycles. The van der Waals surface area contributed by atoms with Gasteiger partial charge in [0.05, 0.1) is 5.56 Å². The highest BCUT2D eigenvalue weighted by molar-refractivity contribution is 7.98. The lowest BCUT2D eigenvalue weighted by Gasteiger charge is -2.29. The lowest BCUT2D eigenvalue weighted by Crippen LogP contribution is -2.42. The van der Waals surface area contributed by atoms with Crippen molar-refractivity contribution >= 4 is 35.2 Å². The maximum atomic E-state index is 12.2. The van der Waals surface area contributed by atoms with Crippen LogP contribution in [0.3, 0.4) is 0 Å². The molecular weight excluding hydrogens is 406 g/mol. The van der Waals surface area contributed by atoms with Gasteiger partial charge in [-0.1, -0.05) is 43.5 Å². The first kappa shape index (κ1) is 21.7. The Morgan fingerprint density at radius 3 is 2.45 bits per heavy atom. The summed E-state index contributed by atoms with van der Waals surface area (Å²) in [6.07, 6.45) is 4.48. The molecule has 0 aromatic heterocycles. The van der Waals surface area contributed by atoms with E-state index < -0.39 is 5.97 Å². The van der Waals surface area contributed by atoms with Gasteiger partial charge in [0.2, 0.25) is 0 Å². The van der Waals surface area contributed by atoms with Crippen molar-refractivity contribution in [3.8, 4) is 0 Å². The number of amides is 1. The molecule has 29 heavy (non-hydrogen) atoms. The minimum atomic E-state index is -0.478. The van der Waals surface area contributed by atoms with Crippen molar-refractivity contribution in [2.24, 2.45) is 5.92 Å². The van der Waals surface area contributed by atoms with E-state index in [9.17, 15) is 9.59 Å². The smallest absolute Gasteiger partial charge is 0.338 e. The van der Waals surface area contributed by atoms with Gasteiger partial charge in [-0.2, -0.15) is 0 Å². The summed E-state index contributed by atoms with van der Waals surface area (Å²) < 4.78 is 5.18. The Balaban J connectivity index is 1.43. The Hall–Kier alpha value is -1.98. The highest BCUT2D eigenvalue weighted by Crippen LogP contribution is 2.25. The van der Waals surface area contributed by atoms with Gasteiger partial charge in [0.25, 0.3) is 5.91 Å². The van der Waals surface area contributed by atoms with Crippen LogP contribution in [-0.2, 0) is 15.3 Å². The molecule has 4 nitrogen and oxygen atoms in total. The number of thioether (sulfide) groups is 1. The van der Waals surface area contributed by atoms with E-state index in [2.05, 4.69) is 12.2 Å². The number of esters is 1. The number of benzene rings is 2. The molecule has 2 aromatic rings. The summed E-state index contributed by atoms with van der Waals surface area (Å²) in [5.41, 5.74) is 1.55. The molecule has 1 amide bonds. The fourth-order valence-electron chi connectivity index (χ4n) is 3.43. The van der Waals surface area contributed by atoms with Gasteiger partial charge in [0.15, 0.2) is 6.61 Å². The summed E-state index contributed by atoms with van der Waals surface area (Å²) in [6, 6.07) is 15.2. The molecule has 0 aliphatic heterocycles. The molecule has 1 N–H and O–H groups in total. The summed E-state index contributed by atoms with van der Waals surface area (Å²) >= 11 is 7.60. The first-order valence-electron chi connectivity index (χ1n) is 9.95. The van der Waals surface area contributed by atoms with E-state index in [1.807, 2.05) is 36.4 Å². The van der Waals surface area contributed by atoms with Crippen molar-refractivity contribution in [3.63, 3.8) is 0 Å². The molecule has 6 heteroatoms. The zero-order chi connectivity index (χ0) is 20.6. The summed E-state index contributed by atoms with van der Waals surface area (Å²) in [4.78, 5) is 25.4. The second kappa shape index (κ2) is 10.7. The largest absolute Gasteiger partial charge is 0.452 e. The first-order chi connectivity index (χ1) is 14.0. The van der Waals surface area contributed by atoms with Crippen molar-refractivity contribution in [2.75, 3.05) is 6.61 Å². The molecule has 0 saturated heterocycles. The highest BCUT2D eigenvalue weighted by atomic mass is 35.5. The number of rotatable bonds is 7. The Labute approximate surface area is 181 Å². The zero-order valence-electron chi connectivity index (χ0n) is 16.5. The van der Waals surface area contributed by atoms with Crippen molar-refractivity contribution in [2.45, 2.75) is 49.3 Å². The quantitative estimate of drug-likeness (QED) is 0.465. The molecule has 154 valence electrons. The average Bonchev–Trinajstić information content (AvgIpc) is 2.74. The number of hydrogen-bond acceptors (Lipinski definition) is 4. The number of nitrogens with one attached hydrogen (secondary N) is 1. The van der Waals surface area contributed by atoms with Gasteiger partial charge in [-0.05, 0) is 60.7 Å². The lowest BCUT2D eigenvalue weighted by atomic mass is 9.86. The zero-order valence-corrected chi connectivity index (χ0v) is 18.1. The molecular formula is C23H26ClNO3S. The molecule has 1 saturated carbocycles. The van der Waals surface area contributed by atoms with Crippen LogP contribution in [-0.4, -0.2) is 24.5 Å². The highest BCUT2D eigenvalue weighted by Gasteiger charge is 2.23. The third-order valence-corrected chi connectivity index (χ3v) is 6.54. The van der Waals surface area contributed by atoms with E-state index in [0.717, 1.165) is 40.5 Å². The lowest BCUT2D eigenvalue weighted by molar-refractivity contribution is -0.125. The first-order valence-corrected chi connectivity index (χ1v) is 11.3. The molecule has 1 aliphatic rings. The van der Waals surface area contributed by atoms with Gasteiger partial charge in [-0.3, -0.25) is 4.79 Å².